The van der Waals surface area contributed by atoms with Crippen molar-refractivity contribution in [1.82, 2.24) is 9.44 Å². The van der Waals surface area contributed by atoms with Crippen LogP contribution < -0.4 is 9.44 Å². The molecule has 1 aliphatic carbocycles. The number of carbonyl (C=O) groups is 1. The Labute approximate surface area is 108 Å². The van der Waals surface area contributed by atoms with Gasteiger partial charge in [0.2, 0.25) is 0 Å². The molecule has 0 aromatic carbocycles. The summed E-state index contributed by atoms with van der Waals surface area (Å²) >= 11 is 0. The number of hydrogen-bond donors (Lipinski definition) is 3. The first kappa shape index (κ1) is 15.4. The van der Waals surface area contributed by atoms with Gasteiger partial charge in [0.1, 0.15) is 0 Å². The molecule has 0 radical (unpaired) electrons. The molecule has 1 fully saturated rings. The molecule has 0 atom stereocenters. The maximum Gasteiger partial charge on any atom is 0.303 e. The van der Waals surface area contributed by atoms with Gasteiger partial charge in [-0.25, -0.2) is 4.72 Å². The van der Waals surface area contributed by atoms with Gasteiger partial charge in [-0.05, 0) is 31.1 Å². The van der Waals surface area contributed by atoms with E-state index in [9.17, 15) is 13.2 Å². The van der Waals surface area contributed by atoms with Crippen LogP contribution in [0.25, 0.3) is 0 Å². The normalized spacial score (nSPS) is 16.8. The quantitative estimate of drug-likeness (QED) is 0.582. The second kappa shape index (κ2) is 5.99. The summed E-state index contributed by atoms with van der Waals surface area (Å²) in [7, 11) is -3.39. The number of nitrogens with one attached hydrogen (secondary N) is 2. The maximum atomic E-state index is 11.5. The Hall–Kier alpha value is -0.660. The van der Waals surface area contributed by atoms with Crippen molar-refractivity contribution in [3.05, 3.63) is 0 Å². The van der Waals surface area contributed by atoms with E-state index in [0.717, 1.165) is 12.8 Å². The van der Waals surface area contributed by atoms with Crippen LogP contribution in [0.1, 0.15) is 46.0 Å². The summed E-state index contributed by atoms with van der Waals surface area (Å²) in [6, 6.07) is 0.0996. The average Bonchev–Trinajstić information content (AvgIpc) is 2.97. The van der Waals surface area contributed by atoms with Crippen LogP contribution in [-0.4, -0.2) is 32.1 Å². The molecule has 18 heavy (non-hydrogen) atoms. The first-order valence-corrected chi connectivity index (χ1v) is 7.67. The molecular weight excluding hydrogens is 256 g/mol. The van der Waals surface area contributed by atoms with Crippen molar-refractivity contribution in [1.29, 1.82) is 0 Å². The van der Waals surface area contributed by atoms with Gasteiger partial charge in [-0.1, -0.05) is 13.8 Å². The summed E-state index contributed by atoms with van der Waals surface area (Å²) in [5.74, 6) is -0.820. The van der Waals surface area contributed by atoms with E-state index in [4.69, 9.17) is 5.11 Å². The number of rotatable bonds is 9. The molecule has 1 saturated carbocycles. The highest BCUT2D eigenvalue weighted by Crippen LogP contribution is 2.26. The average molecular weight is 278 g/mol. The number of hydrogen-bond acceptors (Lipinski definition) is 3. The summed E-state index contributed by atoms with van der Waals surface area (Å²) in [4.78, 5) is 10.5. The van der Waals surface area contributed by atoms with Gasteiger partial charge < -0.3 is 5.11 Å². The zero-order valence-corrected chi connectivity index (χ0v) is 11.7. The van der Waals surface area contributed by atoms with Gasteiger partial charge in [-0.15, -0.1) is 0 Å². The Balaban J connectivity index is 2.24. The van der Waals surface area contributed by atoms with Crippen LogP contribution in [0.2, 0.25) is 0 Å². The predicted molar refractivity (Wildman–Crippen MR) is 68.3 cm³/mol. The van der Waals surface area contributed by atoms with E-state index in [0.29, 0.717) is 19.4 Å². The first-order valence-electron chi connectivity index (χ1n) is 6.19. The second-order valence-electron chi connectivity index (χ2n) is 5.60. The van der Waals surface area contributed by atoms with Crippen LogP contribution in [0.15, 0.2) is 0 Å². The molecule has 7 heteroatoms. The molecule has 0 aromatic heterocycles. The fraction of sp³-hybridized carbons (Fsp3) is 0.909. The van der Waals surface area contributed by atoms with Gasteiger partial charge in [0.05, 0.1) is 0 Å². The molecule has 0 amide bonds. The zero-order chi connectivity index (χ0) is 13.8. The van der Waals surface area contributed by atoms with Crippen molar-refractivity contribution in [2.75, 3.05) is 6.54 Å². The topological polar surface area (TPSA) is 95.5 Å². The minimum absolute atomic E-state index is 0.0996. The Morgan fingerprint density at radius 3 is 2.44 bits per heavy atom. The van der Waals surface area contributed by atoms with Crippen molar-refractivity contribution < 1.29 is 18.3 Å². The van der Waals surface area contributed by atoms with Crippen LogP contribution in [0.3, 0.4) is 0 Å². The number of carboxylic acid groups (broad SMARTS) is 1. The van der Waals surface area contributed by atoms with Gasteiger partial charge in [-0.3, -0.25) is 4.79 Å². The maximum absolute atomic E-state index is 11.5. The fourth-order valence-corrected chi connectivity index (χ4v) is 2.69. The Morgan fingerprint density at radius 2 is 1.94 bits per heavy atom. The zero-order valence-electron chi connectivity index (χ0n) is 10.9. The van der Waals surface area contributed by atoms with Gasteiger partial charge >= 0.3 is 5.97 Å². The largest absolute Gasteiger partial charge is 0.481 e. The van der Waals surface area contributed by atoms with E-state index in [1.807, 2.05) is 13.8 Å². The minimum Gasteiger partial charge on any atom is -0.481 e. The van der Waals surface area contributed by atoms with Gasteiger partial charge in [0, 0.05) is 19.0 Å². The lowest BCUT2D eigenvalue weighted by Gasteiger charge is -2.23. The molecule has 0 heterocycles. The number of carboxylic acids is 1. The molecule has 0 spiro atoms. The van der Waals surface area contributed by atoms with Crippen molar-refractivity contribution in [2.24, 2.45) is 5.41 Å². The lowest BCUT2D eigenvalue weighted by molar-refractivity contribution is -0.137. The molecule has 0 aromatic rings. The monoisotopic (exact) mass is 278 g/mol. The third-order valence-corrected chi connectivity index (χ3v) is 4.24. The summed E-state index contributed by atoms with van der Waals surface area (Å²) in [6.07, 6.45) is 3.09. The van der Waals surface area contributed by atoms with Crippen molar-refractivity contribution in [2.45, 2.75) is 52.0 Å². The smallest absolute Gasteiger partial charge is 0.303 e. The number of aliphatic carboxylic acids is 1. The summed E-state index contributed by atoms with van der Waals surface area (Å²) in [5, 5.41) is 8.62. The highest BCUT2D eigenvalue weighted by molar-refractivity contribution is 7.87. The Bertz CT molecular complexity index is 388. The SMILES string of the molecule is CC(C)(CCNS(=O)(=O)NC1CC1)CCC(=O)O. The Morgan fingerprint density at radius 1 is 1.33 bits per heavy atom. The minimum atomic E-state index is -3.39. The van der Waals surface area contributed by atoms with E-state index in [2.05, 4.69) is 9.44 Å². The second-order valence-corrected chi connectivity index (χ2v) is 7.13. The third kappa shape index (κ3) is 6.93. The van der Waals surface area contributed by atoms with Crippen molar-refractivity contribution in [3.8, 4) is 0 Å². The molecular formula is C11H22N2O4S. The van der Waals surface area contributed by atoms with Crippen LogP contribution in [-0.2, 0) is 15.0 Å². The molecule has 1 rings (SSSR count). The predicted octanol–water partition coefficient (Wildman–Crippen LogP) is 0.854. The van der Waals surface area contributed by atoms with E-state index >= 15 is 0 Å². The standard InChI is InChI=1S/C11H22N2O4S/c1-11(2,6-5-10(14)15)7-8-12-18(16,17)13-9-3-4-9/h9,12-13H,3-8H2,1-2H3,(H,14,15). The molecule has 0 saturated heterocycles. The third-order valence-electron chi connectivity index (χ3n) is 3.01. The summed E-state index contributed by atoms with van der Waals surface area (Å²) in [5.41, 5.74) is -0.180. The molecule has 1 aliphatic rings. The van der Waals surface area contributed by atoms with E-state index in [-0.39, 0.29) is 17.9 Å². The van der Waals surface area contributed by atoms with Gasteiger partial charge in [0.25, 0.3) is 10.2 Å². The van der Waals surface area contributed by atoms with Crippen LogP contribution in [0.5, 0.6) is 0 Å². The highest BCUT2D eigenvalue weighted by atomic mass is 32.2. The lowest BCUT2D eigenvalue weighted by Crippen LogP contribution is -2.39. The van der Waals surface area contributed by atoms with Crippen LogP contribution in [0, 0.1) is 5.41 Å². The molecule has 3 N–H and O–H groups in total. The lowest BCUT2D eigenvalue weighted by atomic mass is 9.84. The van der Waals surface area contributed by atoms with Gasteiger partial charge in [0.15, 0.2) is 0 Å². The molecule has 0 bridgehead atoms. The Kier molecular flexibility index (Phi) is 5.12. The van der Waals surface area contributed by atoms with E-state index in [1.165, 1.54) is 0 Å². The first-order chi connectivity index (χ1) is 8.20. The molecule has 0 unspecified atom stereocenters. The molecule has 106 valence electrons. The van der Waals surface area contributed by atoms with Crippen LogP contribution >= 0.6 is 0 Å². The van der Waals surface area contributed by atoms with Crippen molar-refractivity contribution in [3.63, 3.8) is 0 Å². The fourth-order valence-electron chi connectivity index (χ4n) is 1.56. The van der Waals surface area contributed by atoms with Gasteiger partial charge in [-0.2, -0.15) is 13.1 Å². The van der Waals surface area contributed by atoms with Crippen LogP contribution in [0.4, 0.5) is 0 Å². The molecule has 0 aliphatic heterocycles. The van der Waals surface area contributed by atoms with E-state index < -0.39 is 16.2 Å². The summed E-state index contributed by atoms with van der Waals surface area (Å²) < 4.78 is 28.1. The highest BCUT2D eigenvalue weighted by Gasteiger charge is 2.27. The van der Waals surface area contributed by atoms with E-state index in [1.54, 1.807) is 0 Å². The molecule has 6 nitrogen and oxygen atoms in total. The summed E-state index contributed by atoms with van der Waals surface area (Å²) in [6.45, 7) is 4.21. The van der Waals surface area contributed by atoms with Crippen molar-refractivity contribution >= 4 is 16.2 Å².